The van der Waals surface area contributed by atoms with E-state index >= 15 is 0 Å². The number of nitrogens with zero attached hydrogens (tertiary/aromatic N) is 1. The molecule has 0 unspecified atom stereocenters. The van der Waals surface area contributed by atoms with Crippen molar-refractivity contribution in [2.75, 3.05) is 0 Å². The first-order valence-corrected chi connectivity index (χ1v) is 3.01. The van der Waals surface area contributed by atoms with E-state index in [0.717, 1.165) is 0 Å². The fraction of sp³-hybridized carbons (Fsp3) is 0.600. The van der Waals surface area contributed by atoms with Crippen LogP contribution < -0.4 is 5.73 Å². The van der Waals surface area contributed by atoms with Crippen LogP contribution in [0.25, 0.3) is 0 Å². The van der Waals surface area contributed by atoms with E-state index in [1.54, 1.807) is 0 Å². The summed E-state index contributed by atoms with van der Waals surface area (Å²) in [6.07, 6.45) is 0. The number of primary amides is 1. The minimum absolute atomic E-state index is 0.0556. The number of amides is 1. The Hall–Kier alpha value is -0.510. The summed E-state index contributed by atoms with van der Waals surface area (Å²) in [5, 5.41) is 0. The average molecular weight is 146 g/mol. The summed E-state index contributed by atoms with van der Waals surface area (Å²) in [5.41, 5.74) is 5.25. The molecule has 0 aliphatic carbocycles. The SMILES string of the molecule is CC(C)/C(=N/S)C(N)=O. The Morgan fingerprint density at radius 3 is 2.11 bits per heavy atom. The van der Waals surface area contributed by atoms with Crippen molar-refractivity contribution >= 4 is 24.4 Å². The molecule has 0 aromatic heterocycles. The van der Waals surface area contributed by atoms with Crippen LogP contribution in [0.15, 0.2) is 4.40 Å². The predicted molar refractivity (Wildman–Crippen MR) is 40.5 cm³/mol. The van der Waals surface area contributed by atoms with Gasteiger partial charge in [0.05, 0.1) is 0 Å². The number of carbonyl (C=O) groups is 1. The molecule has 0 atom stereocenters. The van der Waals surface area contributed by atoms with Crippen molar-refractivity contribution in [2.45, 2.75) is 13.8 Å². The summed E-state index contributed by atoms with van der Waals surface area (Å²) in [5.74, 6) is -0.444. The zero-order valence-electron chi connectivity index (χ0n) is 5.46. The molecule has 0 fully saturated rings. The smallest absolute Gasteiger partial charge is 0.264 e. The lowest BCUT2D eigenvalue weighted by atomic mass is 10.1. The second-order valence-corrected chi connectivity index (χ2v) is 2.20. The molecule has 2 N–H and O–H groups in total. The molecule has 0 aliphatic rings. The van der Waals surface area contributed by atoms with Gasteiger partial charge in [-0.1, -0.05) is 13.8 Å². The van der Waals surface area contributed by atoms with Crippen LogP contribution in [0.2, 0.25) is 0 Å². The number of hydrogen-bond acceptors (Lipinski definition) is 3. The van der Waals surface area contributed by atoms with Gasteiger partial charge in [0.1, 0.15) is 5.71 Å². The molecule has 0 bridgehead atoms. The molecule has 1 amide bonds. The quantitative estimate of drug-likeness (QED) is 0.430. The highest BCUT2D eigenvalue weighted by molar-refractivity contribution is 7.79. The normalized spacial score (nSPS) is 12.2. The number of nitrogens with two attached hydrogens (primary N) is 1. The van der Waals surface area contributed by atoms with Crippen molar-refractivity contribution in [2.24, 2.45) is 16.0 Å². The lowest BCUT2D eigenvalue weighted by Crippen LogP contribution is -2.26. The van der Waals surface area contributed by atoms with Crippen LogP contribution >= 0.6 is 12.8 Å². The van der Waals surface area contributed by atoms with Crippen molar-refractivity contribution in [3.05, 3.63) is 0 Å². The Balaban J connectivity index is 4.19. The second kappa shape index (κ2) is 3.50. The molecule has 0 rings (SSSR count). The van der Waals surface area contributed by atoms with E-state index in [2.05, 4.69) is 17.2 Å². The first-order valence-electron chi connectivity index (χ1n) is 2.61. The van der Waals surface area contributed by atoms with E-state index in [9.17, 15) is 4.79 Å². The first kappa shape index (κ1) is 8.49. The van der Waals surface area contributed by atoms with Crippen molar-refractivity contribution in [1.82, 2.24) is 0 Å². The summed E-state index contributed by atoms with van der Waals surface area (Å²) in [7, 11) is 0. The Kier molecular flexibility index (Phi) is 3.30. The van der Waals surface area contributed by atoms with Gasteiger partial charge in [-0.05, 0) is 12.8 Å². The van der Waals surface area contributed by atoms with E-state index < -0.39 is 5.91 Å². The summed E-state index contributed by atoms with van der Waals surface area (Å²) in [6.45, 7) is 3.67. The van der Waals surface area contributed by atoms with Crippen LogP contribution in [0.1, 0.15) is 13.8 Å². The monoisotopic (exact) mass is 146 g/mol. The topological polar surface area (TPSA) is 55.4 Å². The minimum atomic E-state index is -0.500. The highest BCUT2D eigenvalue weighted by Crippen LogP contribution is 1.97. The maximum absolute atomic E-state index is 10.4. The summed E-state index contributed by atoms with van der Waals surface area (Å²) in [4.78, 5) is 10.4. The van der Waals surface area contributed by atoms with Gasteiger partial charge in [0.25, 0.3) is 5.91 Å². The van der Waals surface area contributed by atoms with Gasteiger partial charge < -0.3 is 5.73 Å². The molecule has 0 saturated heterocycles. The van der Waals surface area contributed by atoms with Crippen molar-refractivity contribution in [3.8, 4) is 0 Å². The first-order chi connectivity index (χ1) is 4.09. The zero-order valence-corrected chi connectivity index (χ0v) is 6.35. The minimum Gasteiger partial charge on any atom is -0.365 e. The maximum Gasteiger partial charge on any atom is 0.264 e. The third kappa shape index (κ3) is 2.51. The standard InChI is InChI=1S/C5H10N2OS/c1-3(2)4(7-9)5(6)8/h3,9H,1-2H3,(H2,6,8)/b7-4-. The van der Waals surface area contributed by atoms with E-state index in [1.165, 1.54) is 0 Å². The molecule has 0 heterocycles. The number of thiol groups is 1. The van der Waals surface area contributed by atoms with E-state index in [0.29, 0.717) is 5.71 Å². The van der Waals surface area contributed by atoms with Crippen LogP contribution in [0, 0.1) is 5.92 Å². The Morgan fingerprint density at radius 2 is 2.11 bits per heavy atom. The molecule has 0 radical (unpaired) electrons. The van der Waals surface area contributed by atoms with Crippen molar-refractivity contribution < 1.29 is 4.79 Å². The van der Waals surface area contributed by atoms with Gasteiger partial charge in [0, 0.05) is 5.92 Å². The van der Waals surface area contributed by atoms with Crippen LogP contribution in [0.5, 0.6) is 0 Å². The number of rotatable bonds is 2. The molecule has 0 spiro atoms. The molecule has 4 heteroatoms. The lowest BCUT2D eigenvalue weighted by Gasteiger charge is -2.01. The van der Waals surface area contributed by atoms with E-state index in [4.69, 9.17) is 5.73 Å². The van der Waals surface area contributed by atoms with Crippen molar-refractivity contribution in [1.29, 1.82) is 0 Å². The zero-order chi connectivity index (χ0) is 7.44. The third-order valence-corrected chi connectivity index (χ3v) is 1.12. The van der Waals surface area contributed by atoms with Crippen LogP contribution in [0.4, 0.5) is 0 Å². The van der Waals surface area contributed by atoms with E-state index in [-0.39, 0.29) is 5.92 Å². The van der Waals surface area contributed by atoms with Gasteiger partial charge in [0.2, 0.25) is 0 Å². The molecule has 52 valence electrons. The van der Waals surface area contributed by atoms with Crippen LogP contribution in [0.3, 0.4) is 0 Å². The van der Waals surface area contributed by atoms with Crippen LogP contribution in [-0.2, 0) is 4.79 Å². The number of carbonyl (C=O) groups excluding carboxylic acids is 1. The van der Waals surface area contributed by atoms with Crippen molar-refractivity contribution in [3.63, 3.8) is 0 Å². The third-order valence-electron chi connectivity index (χ3n) is 0.907. The maximum atomic E-state index is 10.4. The molecule has 0 aromatic carbocycles. The largest absolute Gasteiger partial charge is 0.365 e. The number of hydrogen-bond donors (Lipinski definition) is 2. The molecular weight excluding hydrogens is 136 g/mol. The molecule has 3 nitrogen and oxygen atoms in total. The molecule has 0 aromatic rings. The molecule has 9 heavy (non-hydrogen) atoms. The fourth-order valence-electron chi connectivity index (χ4n) is 0.449. The van der Waals surface area contributed by atoms with Gasteiger partial charge >= 0.3 is 0 Å². The van der Waals surface area contributed by atoms with Gasteiger partial charge in [-0.15, -0.1) is 0 Å². The molecule has 0 aliphatic heterocycles. The lowest BCUT2D eigenvalue weighted by molar-refractivity contribution is -0.112. The van der Waals surface area contributed by atoms with Gasteiger partial charge in [-0.25, -0.2) is 4.40 Å². The molecular formula is C5H10N2OS. The summed E-state index contributed by atoms with van der Waals surface area (Å²) in [6, 6.07) is 0. The molecule has 0 saturated carbocycles. The Labute approximate surface area is 59.9 Å². The Morgan fingerprint density at radius 1 is 1.67 bits per heavy atom. The van der Waals surface area contributed by atoms with Gasteiger partial charge in [0.15, 0.2) is 0 Å². The van der Waals surface area contributed by atoms with Gasteiger partial charge in [-0.3, -0.25) is 4.79 Å². The van der Waals surface area contributed by atoms with E-state index in [1.807, 2.05) is 13.8 Å². The summed E-state index contributed by atoms with van der Waals surface area (Å²) < 4.78 is 3.42. The fourth-order valence-corrected chi connectivity index (χ4v) is 0.779. The highest BCUT2D eigenvalue weighted by Gasteiger charge is 2.09. The average Bonchev–Trinajstić information content (AvgIpc) is 1.64. The Bertz CT molecular complexity index is 142. The second-order valence-electron chi connectivity index (χ2n) is 2.00. The predicted octanol–water partition coefficient (Wildman–Crippen LogP) is 0.414. The van der Waals surface area contributed by atoms with Gasteiger partial charge in [-0.2, -0.15) is 0 Å². The highest BCUT2D eigenvalue weighted by atomic mass is 32.1. The van der Waals surface area contributed by atoms with Crippen LogP contribution in [-0.4, -0.2) is 11.6 Å². The summed E-state index contributed by atoms with van der Waals surface area (Å²) >= 11 is 3.58.